The highest BCUT2D eigenvalue weighted by Crippen LogP contribution is 2.12. The average molecular weight is 212 g/mol. The van der Waals surface area contributed by atoms with Crippen molar-refractivity contribution in [2.24, 2.45) is 0 Å². The van der Waals surface area contributed by atoms with Crippen LogP contribution in [0.25, 0.3) is 0 Å². The molecule has 0 aliphatic heterocycles. The minimum absolute atomic E-state index is 0.0579. The van der Waals surface area contributed by atoms with E-state index in [2.05, 4.69) is 5.32 Å². The van der Waals surface area contributed by atoms with Crippen molar-refractivity contribution in [2.75, 3.05) is 12.8 Å². The van der Waals surface area contributed by atoms with Crippen LogP contribution in [-0.4, -0.2) is 29.0 Å². The first kappa shape index (κ1) is 10.8. The van der Waals surface area contributed by atoms with E-state index in [-0.39, 0.29) is 12.5 Å². The van der Waals surface area contributed by atoms with Crippen LogP contribution in [0.4, 0.5) is 0 Å². The Morgan fingerprint density at radius 1 is 1.71 bits per heavy atom. The van der Waals surface area contributed by atoms with Crippen molar-refractivity contribution in [2.45, 2.75) is 6.92 Å². The third-order valence-corrected chi connectivity index (χ3v) is 2.56. The van der Waals surface area contributed by atoms with Gasteiger partial charge in [-0.25, -0.2) is 0 Å². The van der Waals surface area contributed by atoms with Gasteiger partial charge in [-0.15, -0.1) is 0 Å². The third-order valence-electron chi connectivity index (χ3n) is 1.77. The Hall–Kier alpha value is -1.23. The normalized spacial score (nSPS) is 9.86. The summed E-state index contributed by atoms with van der Waals surface area (Å²) in [7, 11) is 0. The van der Waals surface area contributed by atoms with Gasteiger partial charge >= 0.3 is 0 Å². The molecular formula is C9H12N2O2S. The molecule has 1 heterocycles. The summed E-state index contributed by atoms with van der Waals surface area (Å²) >= 11 is 1.52. The summed E-state index contributed by atoms with van der Waals surface area (Å²) in [6.07, 6.45) is 4.34. The zero-order chi connectivity index (χ0) is 10.6. The molecule has 1 aromatic heterocycles. The quantitative estimate of drug-likeness (QED) is 0.753. The van der Waals surface area contributed by atoms with Crippen LogP contribution in [-0.2, 0) is 4.79 Å². The molecule has 0 spiro atoms. The monoisotopic (exact) mass is 212 g/mol. The van der Waals surface area contributed by atoms with Crippen molar-refractivity contribution >= 4 is 24.1 Å². The summed E-state index contributed by atoms with van der Waals surface area (Å²) in [5.74, 6) is -0.215. The number of rotatable bonds is 4. The van der Waals surface area contributed by atoms with Crippen molar-refractivity contribution in [3.05, 3.63) is 23.5 Å². The summed E-state index contributed by atoms with van der Waals surface area (Å²) < 4.78 is 1.90. The number of hydrogen-bond donors (Lipinski definition) is 1. The summed E-state index contributed by atoms with van der Waals surface area (Å²) in [6.45, 7) is 1.98. The molecule has 1 rings (SSSR count). The zero-order valence-electron chi connectivity index (χ0n) is 8.11. The van der Waals surface area contributed by atoms with Crippen LogP contribution in [0.2, 0.25) is 0 Å². The Balaban J connectivity index is 2.75. The van der Waals surface area contributed by atoms with Gasteiger partial charge in [-0.1, -0.05) is 0 Å². The second-order valence-electron chi connectivity index (χ2n) is 2.76. The number of aryl methyl sites for hydroxylation is 1. The van der Waals surface area contributed by atoms with Crippen LogP contribution < -0.4 is 5.32 Å². The minimum atomic E-state index is -0.215. The van der Waals surface area contributed by atoms with Gasteiger partial charge in [0.1, 0.15) is 6.29 Å². The van der Waals surface area contributed by atoms with Crippen molar-refractivity contribution in [3.8, 4) is 0 Å². The lowest BCUT2D eigenvalue weighted by Crippen LogP contribution is -2.24. The van der Waals surface area contributed by atoms with Gasteiger partial charge in [-0.05, 0) is 24.9 Å². The molecule has 4 nitrogen and oxygen atoms in total. The fourth-order valence-corrected chi connectivity index (χ4v) is 1.67. The summed E-state index contributed by atoms with van der Waals surface area (Å²) in [5.41, 5.74) is 1.59. The van der Waals surface area contributed by atoms with Crippen LogP contribution in [0, 0.1) is 6.92 Å². The number of carbonyl (C=O) groups is 2. The molecule has 0 saturated heterocycles. The summed E-state index contributed by atoms with van der Waals surface area (Å²) in [5, 5.41) is 2.48. The van der Waals surface area contributed by atoms with E-state index in [1.165, 1.54) is 11.9 Å². The molecule has 0 aromatic carbocycles. The number of nitrogens with zero attached hydrogens (tertiary/aromatic N) is 1. The van der Waals surface area contributed by atoms with E-state index in [4.69, 9.17) is 0 Å². The van der Waals surface area contributed by atoms with Crippen molar-refractivity contribution in [3.63, 3.8) is 0 Å². The van der Waals surface area contributed by atoms with Gasteiger partial charge in [0, 0.05) is 18.1 Å². The topological polar surface area (TPSA) is 51.1 Å². The number of aldehydes is 1. The van der Waals surface area contributed by atoms with E-state index in [0.29, 0.717) is 11.8 Å². The number of aromatic nitrogens is 1. The lowest BCUT2D eigenvalue weighted by atomic mass is 10.3. The molecule has 0 aliphatic carbocycles. The highest BCUT2D eigenvalue weighted by Gasteiger charge is 2.08. The number of amides is 1. The predicted octanol–water partition coefficient (Wildman–Crippen LogP) is 0.851. The predicted molar refractivity (Wildman–Crippen MR) is 56.5 cm³/mol. The Bertz CT molecular complexity index is 347. The van der Waals surface area contributed by atoms with Crippen molar-refractivity contribution in [1.82, 2.24) is 9.29 Å². The smallest absolute Gasteiger partial charge is 0.253 e. The molecule has 0 radical (unpaired) electrons. The first-order chi connectivity index (χ1) is 6.69. The molecular weight excluding hydrogens is 200 g/mol. The second kappa shape index (κ2) is 4.85. The van der Waals surface area contributed by atoms with Gasteiger partial charge in [-0.2, -0.15) is 0 Å². The molecule has 14 heavy (non-hydrogen) atoms. The maximum absolute atomic E-state index is 11.4. The van der Waals surface area contributed by atoms with Crippen LogP contribution in [0.15, 0.2) is 12.3 Å². The minimum Gasteiger partial charge on any atom is -0.345 e. The Morgan fingerprint density at radius 3 is 2.93 bits per heavy atom. The van der Waals surface area contributed by atoms with E-state index in [9.17, 15) is 9.59 Å². The van der Waals surface area contributed by atoms with Gasteiger partial charge in [0.15, 0.2) is 0 Å². The van der Waals surface area contributed by atoms with Gasteiger partial charge < -0.3 is 10.1 Å². The molecule has 0 atom stereocenters. The first-order valence-electron chi connectivity index (χ1n) is 4.14. The Kier molecular flexibility index (Phi) is 3.76. The van der Waals surface area contributed by atoms with Crippen LogP contribution >= 0.6 is 11.9 Å². The highest BCUT2D eigenvalue weighted by molar-refractivity contribution is 7.97. The van der Waals surface area contributed by atoms with Gasteiger partial charge in [-0.3, -0.25) is 8.77 Å². The van der Waals surface area contributed by atoms with E-state index < -0.39 is 0 Å². The molecule has 0 saturated carbocycles. The van der Waals surface area contributed by atoms with E-state index in [1.807, 2.05) is 17.2 Å². The maximum Gasteiger partial charge on any atom is 0.253 e. The van der Waals surface area contributed by atoms with E-state index >= 15 is 0 Å². The molecule has 1 amide bonds. The van der Waals surface area contributed by atoms with Crippen LogP contribution in [0.5, 0.6) is 0 Å². The van der Waals surface area contributed by atoms with E-state index in [1.54, 1.807) is 12.3 Å². The molecule has 5 heteroatoms. The average Bonchev–Trinajstić information content (AvgIpc) is 2.56. The summed E-state index contributed by atoms with van der Waals surface area (Å²) in [4.78, 5) is 21.4. The molecule has 0 aliphatic rings. The van der Waals surface area contributed by atoms with Crippen LogP contribution in [0.1, 0.15) is 16.1 Å². The van der Waals surface area contributed by atoms with Crippen molar-refractivity contribution in [1.29, 1.82) is 0 Å². The highest BCUT2D eigenvalue weighted by atomic mass is 32.2. The Morgan fingerprint density at radius 2 is 2.43 bits per heavy atom. The molecule has 0 bridgehead atoms. The van der Waals surface area contributed by atoms with Crippen LogP contribution in [0.3, 0.4) is 0 Å². The van der Waals surface area contributed by atoms with Gasteiger partial charge in [0.05, 0.1) is 12.1 Å². The standard InChI is InChI=1S/C9H12N2O2S/c1-7-5-8(6-11(7)14-2)9(13)10-3-4-12/h4-6H,3H2,1-2H3,(H,10,13). The molecule has 1 aromatic rings. The fraction of sp³-hybridized carbons (Fsp3) is 0.333. The zero-order valence-corrected chi connectivity index (χ0v) is 8.93. The first-order valence-corrected chi connectivity index (χ1v) is 5.32. The molecule has 0 fully saturated rings. The van der Waals surface area contributed by atoms with Crippen molar-refractivity contribution < 1.29 is 9.59 Å². The third kappa shape index (κ3) is 2.38. The van der Waals surface area contributed by atoms with E-state index in [0.717, 1.165) is 5.69 Å². The second-order valence-corrected chi connectivity index (χ2v) is 3.51. The SMILES string of the molecule is CSn1cc(C(=O)NCC=O)cc1C. The lowest BCUT2D eigenvalue weighted by molar-refractivity contribution is -0.107. The number of carbonyl (C=O) groups excluding carboxylic acids is 2. The largest absolute Gasteiger partial charge is 0.345 e. The fourth-order valence-electron chi connectivity index (χ4n) is 1.11. The Labute approximate surface area is 86.8 Å². The van der Waals surface area contributed by atoms with Gasteiger partial charge in [0.2, 0.25) is 0 Å². The molecule has 76 valence electrons. The van der Waals surface area contributed by atoms with Gasteiger partial charge in [0.25, 0.3) is 5.91 Å². The number of hydrogen-bond acceptors (Lipinski definition) is 3. The molecule has 0 unspecified atom stereocenters. The number of nitrogens with one attached hydrogen (secondary N) is 1. The lowest BCUT2D eigenvalue weighted by Gasteiger charge is -1.97. The molecule has 1 N–H and O–H groups in total. The maximum atomic E-state index is 11.4. The summed E-state index contributed by atoms with van der Waals surface area (Å²) in [6, 6.07) is 1.79.